The molecule has 0 saturated heterocycles. The van der Waals surface area contributed by atoms with Crippen LogP contribution in [0.15, 0.2) is 24.4 Å². The van der Waals surface area contributed by atoms with E-state index < -0.39 is 0 Å². The third kappa shape index (κ3) is 4.43. The number of carbonyl (C=O) groups is 2. The second-order valence-corrected chi connectivity index (χ2v) is 6.75. The zero-order chi connectivity index (χ0) is 19.4. The number of likely N-dealkylation sites (N-methyl/N-ethyl adjacent to an activating group) is 1. The fourth-order valence-corrected chi connectivity index (χ4v) is 2.94. The summed E-state index contributed by atoms with van der Waals surface area (Å²) in [5.41, 5.74) is 1.17. The van der Waals surface area contributed by atoms with Crippen molar-refractivity contribution in [3.8, 4) is 5.75 Å². The highest BCUT2D eigenvalue weighted by Crippen LogP contribution is 2.19. The van der Waals surface area contributed by atoms with Crippen molar-refractivity contribution in [2.45, 2.75) is 19.5 Å². The molecule has 0 fully saturated rings. The van der Waals surface area contributed by atoms with E-state index in [2.05, 4.69) is 15.4 Å². The molecule has 0 bridgehead atoms. The van der Waals surface area contributed by atoms with Gasteiger partial charge in [0.1, 0.15) is 5.75 Å². The number of hydrogen-bond donors (Lipinski definition) is 2. The van der Waals surface area contributed by atoms with Crippen LogP contribution in [-0.2, 0) is 13.1 Å². The third-order valence-corrected chi connectivity index (χ3v) is 4.37. The molecule has 0 aliphatic carbocycles. The number of pyridine rings is 1. The highest BCUT2D eigenvalue weighted by Gasteiger charge is 2.25. The highest BCUT2D eigenvalue weighted by atomic mass is 16.3. The lowest BCUT2D eigenvalue weighted by molar-refractivity contribution is 0.0736. The van der Waals surface area contributed by atoms with Gasteiger partial charge in [-0.25, -0.2) is 4.98 Å². The van der Waals surface area contributed by atoms with Crippen LogP contribution in [0.1, 0.15) is 33.1 Å². The van der Waals surface area contributed by atoms with Crippen LogP contribution in [0, 0.1) is 0 Å². The van der Waals surface area contributed by atoms with Gasteiger partial charge >= 0.3 is 0 Å². The van der Waals surface area contributed by atoms with Gasteiger partial charge in [-0.15, -0.1) is 0 Å². The average Bonchev–Trinajstić information content (AvgIpc) is 2.93. The zero-order valence-electron chi connectivity index (χ0n) is 15.6. The molecule has 9 nitrogen and oxygen atoms in total. The van der Waals surface area contributed by atoms with Gasteiger partial charge in [-0.2, -0.15) is 5.10 Å². The number of fused-ring (bicyclic) bond motifs is 1. The van der Waals surface area contributed by atoms with Crippen molar-refractivity contribution in [1.82, 2.24) is 29.9 Å². The molecule has 3 heterocycles. The van der Waals surface area contributed by atoms with E-state index in [1.807, 2.05) is 19.0 Å². The molecule has 0 aromatic carbocycles. The molecule has 9 heteroatoms. The molecule has 0 saturated carbocycles. The zero-order valence-corrected chi connectivity index (χ0v) is 15.6. The molecule has 2 aromatic rings. The Balaban J connectivity index is 1.72. The number of aromatic nitrogens is 3. The van der Waals surface area contributed by atoms with E-state index in [9.17, 15) is 14.7 Å². The molecular weight excluding hydrogens is 348 g/mol. The van der Waals surface area contributed by atoms with Crippen molar-refractivity contribution >= 4 is 11.8 Å². The van der Waals surface area contributed by atoms with Crippen LogP contribution >= 0.6 is 0 Å². The minimum Gasteiger partial charge on any atom is -0.505 e. The van der Waals surface area contributed by atoms with Crippen molar-refractivity contribution < 1.29 is 14.7 Å². The number of aromatic hydroxyl groups is 1. The van der Waals surface area contributed by atoms with Crippen molar-refractivity contribution in [2.75, 3.05) is 33.7 Å². The van der Waals surface area contributed by atoms with Crippen LogP contribution in [0.3, 0.4) is 0 Å². The Bertz CT molecular complexity index is 832. The smallest absolute Gasteiger partial charge is 0.276 e. The molecule has 27 heavy (non-hydrogen) atoms. The quantitative estimate of drug-likeness (QED) is 0.784. The summed E-state index contributed by atoms with van der Waals surface area (Å²) in [5.74, 6) is -0.696. The molecule has 0 atom stereocenters. The molecule has 0 spiro atoms. The van der Waals surface area contributed by atoms with Gasteiger partial charge in [0.05, 0.1) is 12.2 Å². The summed E-state index contributed by atoms with van der Waals surface area (Å²) in [7, 11) is 3.88. The maximum absolute atomic E-state index is 12.7. The summed E-state index contributed by atoms with van der Waals surface area (Å²) in [4.78, 5) is 32.6. The maximum atomic E-state index is 12.7. The molecule has 144 valence electrons. The van der Waals surface area contributed by atoms with Gasteiger partial charge in [0.25, 0.3) is 11.8 Å². The predicted octanol–water partition coefficient (Wildman–Crippen LogP) is 0.321. The summed E-state index contributed by atoms with van der Waals surface area (Å²) < 4.78 is 1.77. The molecule has 0 radical (unpaired) electrons. The van der Waals surface area contributed by atoms with Crippen LogP contribution in [0.25, 0.3) is 0 Å². The van der Waals surface area contributed by atoms with Crippen LogP contribution in [0.2, 0.25) is 0 Å². The normalized spacial score (nSPS) is 14.0. The molecule has 2 amide bonds. The fraction of sp³-hybridized carbons (Fsp3) is 0.444. The first-order chi connectivity index (χ1) is 13.0. The van der Waals surface area contributed by atoms with Crippen LogP contribution in [0.4, 0.5) is 0 Å². The first-order valence-corrected chi connectivity index (χ1v) is 8.88. The second kappa shape index (κ2) is 8.17. The Labute approximate surface area is 157 Å². The van der Waals surface area contributed by atoms with E-state index in [4.69, 9.17) is 0 Å². The lowest BCUT2D eigenvalue weighted by Gasteiger charge is -2.19. The summed E-state index contributed by atoms with van der Waals surface area (Å²) in [6, 6.07) is 4.73. The van der Waals surface area contributed by atoms with Crippen molar-refractivity contribution in [3.05, 3.63) is 41.5 Å². The Hall–Kier alpha value is -2.94. The standard InChI is InChI=1S/C18H24N6O3/c1-22(2)10-7-20-17(26)14-11-13-12-23(8-4-9-24(13)21-14)18(27)16-15(25)5-3-6-19-16/h3,5-6,11,25H,4,7-10,12H2,1-2H3,(H,20,26). The Kier molecular flexibility index (Phi) is 5.70. The number of amides is 2. The van der Waals surface area contributed by atoms with Crippen LogP contribution in [-0.4, -0.2) is 75.2 Å². The summed E-state index contributed by atoms with van der Waals surface area (Å²) >= 11 is 0. The number of nitrogens with one attached hydrogen (secondary N) is 1. The van der Waals surface area contributed by atoms with E-state index in [1.165, 1.54) is 12.3 Å². The third-order valence-electron chi connectivity index (χ3n) is 4.37. The van der Waals surface area contributed by atoms with Crippen LogP contribution in [0.5, 0.6) is 5.75 Å². The monoisotopic (exact) mass is 372 g/mol. The molecular formula is C18H24N6O3. The van der Waals surface area contributed by atoms with E-state index in [-0.39, 0.29) is 23.3 Å². The highest BCUT2D eigenvalue weighted by molar-refractivity contribution is 5.95. The van der Waals surface area contributed by atoms with E-state index in [0.29, 0.717) is 38.3 Å². The number of hydrogen-bond acceptors (Lipinski definition) is 6. The summed E-state index contributed by atoms with van der Waals surface area (Å²) in [6.07, 6.45) is 2.18. The van der Waals surface area contributed by atoms with Gasteiger partial charge in [-0.1, -0.05) is 0 Å². The van der Waals surface area contributed by atoms with E-state index >= 15 is 0 Å². The van der Waals surface area contributed by atoms with Gasteiger partial charge in [0, 0.05) is 32.4 Å². The largest absolute Gasteiger partial charge is 0.505 e. The molecule has 0 unspecified atom stereocenters. The molecule has 1 aliphatic heterocycles. The lowest BCUT2D eigenvalue weighted by atomic mass is 10.2. The van der Waals surface area contributed by atoms with Gasteiger partial charge in [0.2, 0.25) is 0 Å². The second-order valence-electron chi connectivity index (χ2n) is 6.75. The molecule has 2 aromatic heterocycles. The summed E-state index contributed by atoms with van der Waals surface area (Å²) in [5, 5.41) is 17.1. The maximum Gasteiger partial charge on any atom is 0.276 e. The summed E-state index contributed by atoms with van der Waals surface area (Å²) in [6.45, 7) is 2.75. The van der Waals surface area contributed by atoms with Crippen molar-refractivity contribution in [3.63, 3.8) is 0 Å². The first-order valence-electron chi connectivity index (χ1n) is 8.88. The molecule has 3 rings (SSSR count). The minimum absolute atomic E-state index is 0.0344. The topological polar surface area (TPSA) is 104 Å². The number of nitrogens with zero attached hydrogens (tertiary/aromatic N) is 5. The van der Waals surface area contributed by atoms with Crippen molar-refractivity contribution in [1.29, 1.82) is 0 Å². The van der Waals surface area contributed by atoms with Gasteiger partial charge in [0.15, 0.2) is 11.4 Å². The number of rotatable bonds is 5. The van der Waals surface area contributed by atoms with Gasteiger partial charge < -0.3 is 20.2 Å². The van der Waals surface area contributed by atoms with Crippen LogP contribution < -0.4 is 5.32 Å². The molecule has 2 N–H and O–H groups in total. The number of carbonyl (C=O) groups excluding carboxylic acids is 2. The Morgan fingerprint density at radius 3 is 2.89 bits per heavy atom. The number of aryl methyl sites for hydroxylation is 1. The molecule has 1 aliphatic rings. The van der Waals surface area contributed by atoms with Gasteiger partial charge in [-0.05, 0) is 38.7 Å². The SMILES string of the molecule is CN(C)CCNC(=O)c1cc2n(n1)CCCN(C(=O)c1ncccc1O)C2. The Morgan fingerprint density at radius 2 is 2.15 bits per heavy atom. The van der Waals surface area contributed by atoms with Gasteiger partial charge in [-0.3, -0.25) is 14.3 Å². The van der Waals surface area contributed by atoms with E-state index in [1.54, 1.807) is 21.7 Å². The minimum atomic E-state index is -0.334. The average molecular weight is 372 g/mol. The first kappa shape index (κ1) is 18.8. The Morgan fingerprint density at radius 1 is 1.33 bits per heavy atom. The lowest BCUT2D eigenvalue weighted by Crippen LogP contribution is -2.32. The fourth-order valence-electron chi connectivity index (χ4n) is 2.94. The van der Waals surface area contributed by atoms with Crippen molar-refractivity contribution in [2.24, 2.45) is 0 Å². The predicted molar refractivity (Wildman–Crippen MR) is 98.4 cm³/mol. The van der Waals surface area contributed by atoms with E-state index in [0.717, 1.165) is 12.2 Å².